The molecule has 2 aromatic rings. The van der Waals surface area contributed by atoms with Gasteiger partial charge in [-0.3, -0.25) is 9.78 Å². The molecule has 1 aromatic carbocycles. The first kappa shape index (κ1) is 26.9. The van der Waals surface area contributed by atoms with Gasteiger partial charge in [0.25, 0.3) is 0 Å². The van der Waals surface area contributed by atoms with Crippen LogP contribution in [0.25, 0.3) is 11.3 Å². The van der Waals surface area contributed by atoms with E-state index in [2.05, 4.69) is 18.0 Å². The first-order valence-electron chi connectivity index (χ1n) is 12.2. The molecular weight excluding hydrogens is 427 g/mol. The van der Waals surface area contributed by atoms with Gasteiger partial charge in [0.1, 0.15) is 5.75 Å². The fourth-order valence-electron chi connectivity index (χ4n) is 3.77. The van der Waals surface area contributed by atoms with Crippen molar-refractivity contribution in [1.82, 2.24) is 4.98 Å². The van der Waals surface area contributed by atoms with Crippen molar-refractivity contribution in [2.45, 2.75) is 90.7 Å². The summed E-state index contributed by atoms with van der Waals surface area (Å²) in [5.74, 6) is -2.28. The molecule has 1 unspecified atom stereocenters. The van der Waals surface area contributed by atoms with Gasteiger partial charge in [0.2, 0.25) is 0 Å². The van der Waals surface area contributed by atoms with E-state index in [1.807, 2.05) is 19.2 Å². The maximum Gasteiger partial charge on any atom is 0.392 e. The van der Waals surface area contributed by atoms with E-state index in [-0.39, 0.29) is 12.2 Å². The van der Waals surface area contributed by atoms with Crippen molar-refractivity contribution in [3.63, 3.8) is 0 Å². The van der Waals surface area contributed by atoms with E-state index in [1.165, 1.54) is 24.8 Å². The number of benzene rings is 1. The number of alkyl halides is 3. The summed E-state index contributed by atoms with van der Waals surface area (Å²) < 4.78 is 45.0. The van der Waals surface area contributed by atoms with Crippen LogP contribution in [0.1, 0.15) is 83.6 Å². The number of carbonyl (C=O) groups is 1. The number of carbonyl (C=O) groups excluding carboxylic acids is 1. The first-order chi connectivity index (χ1) is 15.8. The molecule has 0 saturated carbocycles. The Hall–Kier alpha value is -2.37. The van der Waals surface area contributed by atoms with Gasteiger partial charge in [0.05, 0.1) is 18.0 Å². The zero-order chi connectivity index (χ0) is 24.1. The lowest BCUT2D eigenvalue weighted by Crippen LogP contribution is -2.27. The highest BCUT2D eigenvalue weighted by Gasteiger charge is 2.40. The lowest BCUT2D eigenvalue weighted by Gasteiger charge is -2.19. The minimum atomic E-state index is -4.40. The highest BCUT2D eigenvalue weighted by molar-refractivity contribution is 5.73. The quantitative estimate of drug-likeness (QED) is 0.161. The van der Waals surface area contributed by atoms with Crippen LogP contribution < -0.4 is 4.74 Å². The van der Waals surface area contributed by atoms with Gasteiger partial charge in [-0.15, -0.1) is 0 Å². The summed E-state index contributed by atoms with van der Waals surface area (Å²) in [7, 11) is 0. The van der Waals surface area contributed by atoms with Crippen LogP contribution in [-0.2, 0) is 11.2 Å². The summed E-state index contributed by atoms with van der Waals surface area (Å²) in [6.45, 7) is 4.20. The molecule has 2 rings (SSSR count). The van der Waals surface area contributed by atoms with Crippen molar-refractivity contribution in [2.75, 3.05) is 0 Å². The van der Waals surface area contributed by atoms with Gasteiger partial charge in [-0.1, -0.05) is 64.9 Å². The van der Waals surface area contributed by atoms with Crippen molar-refractivity contribution in [2.24, 2.45) is 5.92 Å². The van der Waals surface area contributed by atoms with Gasteiger partial charge < -0.3 is 4.74 Å². The zero-order valence-electron chi connectivity index (χ0n) is 19.8. The van der Waals surface area contributed by atoms with Gasteiger partial charge >= 0.3 is 12.1 Å². The molecule has 0 N–H and O–H groups in total. The van der Waals surface area contributed by atoms with E-state index in [0.29, 0.717) is 6.42 Å². The van der Waals surface area contributed by atoms with E-state index < -0.39 is 24.5 Å². The number of aryl methyl sites for hydroxylation is 1. The van der Waals surface area contributed by atoms with Crippen molar-refractivity contribution < 1.29 is 22.7 Å². The van der Waals surface area contributed by atoms with Gasteiger partial charge in [-0.05, 0) is 55.2 Å². The van der Waals surface area contributed by atoms with E-state index >= 15 is 0 Å². The monoisotopic (exact) mass is 463 g/mol. The number of ether oxygens (including phenoxy) is 1. The molecule has 0 spiro atoms. The smallest absolute Gasteiger partial charge is 0.392 e. The topological polar surface area (TPSA) is 39.2 Å². The number of aromatic nitrogens is 1. The summed E-state index contributed by atoms with van der Waals surface area (Å²) in [5, 5.41) is 0. The maximum atomic E-state index is 13.3. The van der Waals surface area contributed by atoms with Crippen LogP contribution in [0, 0.1) is 5.92 Å². The summed E-state index contributed by atoms with van der Waals surface area (Å²) in [6.07, 6.45) is 5.70. The second-order valence-electron chi connectivity index (χ2n) is 8.65. The molecule has 33 heavy (non-hydrogen) atoms. The Morgan fingerprint density at radius 2 is 1.58 bits per heavy atom. The van der Waals surface area contributed by atoms with Gasteiger partial charge in [0, 0.05) is 11.8 Å². The predicted molar refractivity (Wildman–Crippen MR) is 126 cm³/mol. The Morgan fingerprint density at radius 3 is 2.15 bits per heavy atom. The van der Waals surface area contributed by atoms with Crippen molar-refractivity contribution in [3.05, 3.63) is 48.2 Å². The molecule has 0 aliphatic rings. The normalized spacial score (nSPS) is 12.5. The second kappa shape index (κ2) is 14.0. The van der Waals surface area contributed by atoms with Crippen LogP contribution in [0.4, 0.5) is 13.2 Å². The SMILES string of the molecule is CCCCCCc1ccc(-c2ccc(OC(=O)CC(CCCCCC)C(F)(F)F)cc2)nc1. The van der Waals surface area contributed by atoms with Crippen LogP contribution in [-0.4, -0.2) is 17.1 Å². The third-order valence-corrected chi connectivity index (χ3v) is 5.81. The average Bonchev–Trinajstić information content (AvgIpc) is 2.79. The molecule has 6 heteroatoms. The molecule has 0 aliphatic heterocycles. The Labute approximate surface area is 195 Å². The molecule has 182 valence electrons. The average molecular weight is 464 g/mol. The third kappa shape index (κ3) is 9.97. The molecule has 1 aromatic heterocycles. The van der Waals surface area contributed by atoms with Gasteiger partial charge in [0.15, 0.2) is 0 Å². The number of esters is 1. The number of hydrogen-bond acceptors (Lipinski definition) is 3. The van der Waals surface area contributed by atoms with Gasteiger partial charge in [-0.25, -0.2) is 0 Å². The largest absolute Gasteiger partial charge is 0.427 e. The molecule has 0 aliphatic carbocycles. The van der Waals surface area contributed by atoms with Crippen LogP contribution in [0.15, 0.2) is 42.6 Å². The third-order valence-electron chi connectivity index (χ3n) is 5.81. The number of nitrogens with zero attached hydrogens (tertiary/aromatic N) is 1. The lowest BCUT2D eigenvalue weighted by atomic mass is 9.97. The molecular formula is C27H36F3NO2. The Balaban J connectivity index is 1.89. The molecule has 3 nitrogen and oxygen atoms in total. The standard InChI is InChI=1S/C27H36F3NO2/c1-3-5-7-9-11-21-13-18-25(31-20-21)22-14-16-24(17-15-22)33-26(32)19-23(27(28,29)30)12-10-8-6-4-2/h13-18,20,23H,3-12,19H2,1-2H3. The molecule has 0 saturated heterocycles. The highest BCUT2D eigenvalue weighted by Crippen LogP contribution is 2.33. The molecule has 0 fully saturated rings. The first-order valence-corrected chi connectivity index (χ1v) is 12.2. The predicted octanol–water partition coefficient (Wildman–Crippen LogP) is 8.32. The van der Waals surface area contributed by atoms with Gasteiger partial charge in [-0.2, -0.15) is 13.2 Å². The lowest BCUT2D eigenvalue weighted by molar-refractivity contribution is -0.183. The molecule has 0 bridgehead atoms. The Morgan fingerprint density at radius 1 is 0.909 bits per heavy atom. The Kier molecular flexibility index (Phi) is 11.4. The number of hydrogen-bond donors (Lipinski definition) is 0. The maximum absolute atomic E-state index is 13.3. The summed E-state index contributed by atoms with van der Waals surface area (Å²) in [4.78, 5) is 16.7. The van der Waals surface area contributed by atoms with Crippen LogP contribution >= 0.6 is 0 Å². The van der Waals surface area contributed by atoms with Crippen molar-refractivity contribution in [1.29, 1.82) is 0 Å². The summed E-state index contributed by atoms with van der Waals surface area (Å²) in [5.41, 5.74) is 2.86. The minimum absolute atomic E-state index is 0.0438. The van der Waals surface area contributed by atoms with Crippen molar-refractivity contribution in [3.8, 4) is 17.0 Å². The molecule has 0 amide bonds. The fourth-order valence-corrected chi connectivity index (χ4v) is 3.77. The van der Waals surface area contributed by atoms with Crippen LogP contribution in [0.2, 0.25) is 0 Å². The number of halogens is 3. The van der Waals surface area contributed by atoms with E-state index in [4.69, 9.17) is 4.74 Å². The fraction of sp³-hybridized carbons (Fsp3) is 0.556. The zero-order valence-corrected chi connectivity index (χ0v) is 19.8. The molecule has 0 radical (unpaired) electrons. The highest BCUT2D eigenvalue weighted by atomic mass is 19.4. The summed E-state index contributed by atoms with van der Waals surface area (Å²) >= 11 is 0. The summed E-state index contributed by atoms with van der Waals surface area (Å²) in [6, 6.07) is 10.7. The van der Waals surface area contributed by atoms with E-state index in [0.717, 1.165) is 43.4 Å². The van der Waals surface area contributed by atoms with E-state index in [1.54, 1.807) is 24.3 Å². The van der Waals surface area contributed by atoms with Crippen molar-refractivity contribution >= 4 is 5.97 Å². The van der Waals surface area contributed by atoms with E-state index in [9.17, 15) is 18.0 Å². The van der Waals surface area contributed by atoms with Crippen LogP contribution in [0.5, 0.6) is 5.75 Å². The number of unbranched alkanes of at least 4 members (excludes halogenated alkanes) is 6. The Bertz CT molecular complexity index is 817. The second-order valence-corrected chi connectivity index (χ2v) is 8.65. The molecule has 1 heterocycles. The minimum Gasteiger partial charge on any atom is -0.427 e. The molecule has 1 atom stereocenters. The van der Waals surface area contributed by atoms with Crippen LogP contribution in [0.3, 0.4) is 0 Å². The number of pyridine rings is 1. The number of rotatable bonds is 14.